The minimum absolute atomic E-state index is 0.109. The van der Waals surface area contributed by atoms with Crippen molar-refractivity contribution in [3.8, 4) is 0 Å². The summed E-state index contributed by atoms with van der Waals surface area (Å²) in [6.07, 6.45) is -0.109. The Bertz CT molecular complexity index is 872. The van der Waals surface area contributed by atoms with Gasteiger partial charge in [-0.15, -0.1) is 0 Å². The molecule has 140 valence electrons. The van der Waals surface area contributed by atoms with Gasteiger partial charge in [0.1, 0.15) is 17.7 Å². The van der Waals surface area contributed by atoms with Crippen LogP contribution in [0, 0.1) is 11.6 Å². The van der Waals surface area contributed by atoms with Crippen molar-refractivity contribution in [3.63, 3.8) is 0 Å². The Hall–Kier alpha value is -2.87. The Morgan fingerprint density at radius 2 is 1.63 bits per heavy atom. The predicted octanol–water partition coefficient (Wildman–Crippen LogP) is 2.92. The van der Waals surface area contributed by atoms with Gasteiger partial charge in [0.2, 0.25) is 5.91 Å². The summed E-state index contributed by atoms with van der Waals surface area (Å²) in [4.78, 5) is 27.8. The molecular weight excluding hydrogens is 372 g/mol. The molecular formula is C19H17F2N3O2S. The van der Waals surface area contributed by atoms with Gasteiger partial charge in [-0.3, -0.25) is 14.5 Å². The van der Waals surface area contributed by atoms with Crippen LogP contribution in [0.15, 0.2) is 48.5 Å². The molecule has 0 saturated carbocycles. The van der Waals surface area contributed by atoms with Crippen molar-refractivity contribution in [1.82, 2.24) is 9.80 Å². The third-order valence-corrected chi connectivity index (χ3v) is 4.81. The van der Waals surface area contributed by atoms with Crippen LogP contribution >= 0.6 is 12.2 Å². The predicted molar refractivity (Wildman–Crippen MR) is 101 cm³/mol. The largest absolute Gasteiger partial charge is 0.332 e. The fourth-order valence-electron chi connectivity index (χ4n) is 2.86. The Kier molecular flexibility index (Phi) is 5.46. The number of benzene rings is 2. The van der Waals surface area contributed by atoms with Crippen LogP contribution in [0.3, 0.4) is 0 Å². The number of carbonyl (C=O) groups excluding carboxylic acids is 2. The van der Waals surface area contributed by atoms with E-state index in [-0.39, 0.29) is 30.6 Å². The molecule has 1 N–H and O–H groups in total. The van der Waals surface area contributed by atoms with E-state index in [0.29, 0.717) is 10.8 Å². The summed E-state index contributed by atoms with van der Waals surface area (Å²) in [5.41, 5.74) is 1.21. The zero-order valence-electron chi connectivity index (χ0n) is 14.5. The van der Waals surface area contributed by atoms with Crippen LogP contribution in [0.25, 0.3) is 0 Å². The lowest BCUT2D eigenvalue weighted by Gasteiger charge is -2.23. The number of nitrogens with one attached hydrogen (secondary N) is 1. The summed E-state index contributed by atoms with van der Waals surface area (Å²) >= 11 is 5.32. The van der Waals surface area contributed by atoms with E-state index in [4.69, 9.17) is 12.2 Å². The van der Waals surface area contributed by atoms with E-state index < -0.39 is 11.9 Å². The monoisotopic (exact) mass is 389 g/mol. The van der Waals surface area contributed by atoms with Gasteiger partial charge in [0.25, 0.3) is 5.91 Å². The molecule has 1 atom stereocenters. The maximum absolute atomic E-state index is 13.1. The van der Waals surface area contributed by atoms with Crippen molar-refractivity contribution in [3.05, 3.63) is 65.7 Å². The molecule has 2 aromatic rings. The molecule has 1 aliphatic heterocycles. The first-order chi connectivity index (χ1) is 12.8. The molecule has 3 rings (SSSR count). The van der Waals surface area contributed by atoms with Gasteiger partial charge in [-0.2, -0.15) is 0 Å². The standard InChI is InChI=1S/C19H17F2N3O2S/c1-23-18(26)16(10-17(25)22-15-8-6-14(21)7-9-15)24(19(23)27)11-12-2-4-13(20)5-3-12/h2-9,16H,10-11H2,1H3,(H,22,25)/t16-/m0/s1. The maximum Gasteiger partial charge on any atom is 0.251 e. The highest BCUT2D eigenvalue weighted by Crippen LogP contribution is 2.23. The highest BCUT2D eigenvalue weighted by atomic mass is 32.1. The minimum atomic E-state index is -0.756. The quantitative estimate of drug-likeness (QED) is 0.799. The highest BCUT2D eigenvalue weighted by molar-refractivity contribution is 7.80. The van der Waals surface area contributed by atoms with Gasteiger partial charge < -0.3 is 10.2 Å². The van der Waals surface area contributed by atoms with Crippen LogP contribution in [-0.2, 0) is 16.1 Å². The average Bonchev–Trinajstić information content (AvgIpc) is 2.83. The second-order valence-electron chi connectivity index (χ2n) is 6.21. The molecule has 8 heteroatoms. The van der Waals surface area contributed by atoms with E-state index in [1.165, 1.54) is 41.3 Å². The van der Waals surface area contributed by atoms with Gasteiger partial charge >= 0.3 is 0 Å². The van der Waals surface area contributed by atoms with Crippen molar-refractivity contribution in [2.75, 3.05) is 12.4 Å². The van der Waals surface area contributed by atoms with E-state index >= 15 is 0 Å². The lowest BCUT2D eigenvalue weighted by Crippen LogP contribution is -2.37. The molecule has 0 unspecified atom stereocenters. The summed E-state index contributed by atoms with van der Waals surface area (Å²) in [6, 6.07) is 10.5. The number of hydrogen-bond donors (Lipinski definition) is 1. The number of rotatable bonds is 5. The first-order valence-corrected chi connectivity index (χ1v) is 8.64. The normalized spacial score (nSPS) is 16.8. The Labute approximate surface area is 160 Å². The third-order valence-electron chi connectivity index (χ3n) is 4.30. The fourth-order valence-corrected chi connectivity index (χ4v) is 3.14. The molecule has 0 aliphatic carbocycles. The summed E-state index contributed by atoms with van der Waals surface area (Å²) in [7, 11) is 1.56. The summed E-state index contributed by atoms with van der Waals surface area (Å²) < 4.78 is 26.1. The van der Waals surface area contributed by atoms with Crippen LogP contribution < -0.4 is 5.32 Å². The molecule has 2 aromatic carbocycles. The summed E-state index contributed by atoms with van der Waals surface area (Å²) in [5.74, 6) is -1.43. The number of hydrogen-bond acceptors (Lipinski definition) is 3. The van der Waals surface area contributed by atoms with Crippen molar-refractivity contribution in [2.45, 2.75) is 19.0 Å². The molecule has 0 spiro atoms. The summed E-state index contributed by atoms with van der Waals surface area (Å²) in [6.45, 7) is 0.281. The molecule has 1 heterocycles. The zero-order valence-corrected chi connectivity index (χ0v) is 15.3. The van der Waals surface area contributed by atoms with Crippen LogP contribution in [0.4, 0.5) is 14.5 Å². The van der Waals surface area contributed by atoms with Gasteiger partial charge in [0, 0.05) is 19.3 Å². The third kappa shape index (κ3) is 4.28. The highest BCUT2D eigenvalue weighted by Gasteiger charge is 2.41. The maximum atomic E-state index is 13.1. The molecule has 1 saturated heterocycles. The molecule has 0 bridgehead atoms. The van der Waals surface area contributed by atoms with E-state index in [0.717, 1.165) is 5.56 Å². The molecule has 27 heavy (non-hydrogen) atoms. The number of halogens is 2. The average molecular weight is 389 g/mol. The van der Waals surface area contributed by atoms with Crippen molar-refractivity contribution < 1.29 is 18.4 Å². The topological polar surface area (TPSA) is 52.7 Å². The molecule has 0 aromatic heterocycles. The molecule has 2 amide bonds. The van der Waals surface area contributed by atoms with Crippen molar-refractivity contribution >= 4 is 34.8 Å². The van der Waals surface area contributed by atoms with Gasteiger partial charge in [-0.05, 0) is 54.2 Å². The van der Waals surface area contributed by atoms with Crippen LogP contribution in [0.2, 0.25) is 0 Å². The van der Waals surface area contributed by atoms with Gasteiger partial charge in [0.05, 0.1) is 6.42 Å². The molecule has 0 radical (unpaired) electrons. The number of amides is 2. The Balaban J connectivity index is 1.72. The van der Waals surface area contributed by atoms with E-state index in [9.17, 15) is 18.4 Å². The minimum Gasteiger partial charge on any atom is -0.332 e. The molecule has 1 aliphatic rings. The Morgan fingerprint density at radius 3 is 2.22 bits per heavy atom. The van der Waals surface area contributed by atoms with Gasteiger partial charge in [0.15, 0.2) is 5.11 Å². The number of likely N-dealkylation sites (N-methyl/N-ethyl adjacent to an activating group) is 1. The van der Waals surface area contributed by atoms with Crippen molar-refractivity contribution in [1.29, 1.82) is 0 Å². The van der Waals surface area contributed by atoms with Crippen LogP contribution in [0.5, 0.6) is 0 Å². The van der Waals surface area contributed by atoms with Gasteiger partial charge in [-0.25, -0.2) is 8.78 Å². The Morgan fingerprint density at radius 1 is 1.07 bits per heavy atom. The first-order valence-electron chi connectivity index (χ1n) is 8.23. The lowest BCUT2D eigenvalue weighted by molar-refractivity contribution is -0.130. The van der Waals surface area contributed by atoms with Crippen molar-refractivity contribution in [2.24, 2.45) is 0 Å². The molecule has 5 nitrogen and oxygen atoms in total. The summed E-state index contributed by atoms with van der Waals surface area (Å²) in [5, 5.41) is 2.95. The van der Waals surface area contributed by atoms with E-state index in [1.807, 2.05) is 0 Å². The number of nitrogens with zero attached hydrogens (tertiary/aromatic N) is 2. The zero-order chi connectivity index (χ0) is 19.6. The second-order valence-corrected chi connectivity index (χ2v) is 6.57. The SMILES string of the molecule is CN1C(=O)[C@H](CC(=O)Nc2ccc(F)cc2)N(Cc2ccc(F)cc2)C1=S. The molecule has 1 fully saturated rings. The number of anilines is 1. The fraction of sp³-hybridized carbons (Fsp3) is 0.211. The van der Waals surface area contributed by atoms with E-state index in [2.05, 4.69) is 5.32 Å². The second kappa shape index (κ2) is 7.79. The number of thiocarbonyl (C=S) groups is 1. The smallest absolute Gasteiger partial charge is 0.251 e. The lowest BCUT2D eigenvalue weighted by atomic mass is 10.1. The van der Waals surface area contributed by atoms with Gasteiger partial charge in [-0.1, -0.05) is 12.1 Å². The number of carbonyl (C=O) groups is 2. The van der Waals surface area contributed by atoms with E-state index in [1.54, 1.807) is 24.1 Å². The van der Waals surface area contributed by atoms with Crippen LogP contribution in [0.1, 0.15) is 12.0 Å². The van der Waals surface area contributed by atoms with Crippen LogP contribution in [-0.4, -0.2) is 39.8 Å². The first kappa shape index (κ1) is 18.9.